The molecule has 1 aliphatic heterocycles. The lowest BCUT2D eigenvalue weighted by Crippen LogP contribution is -2.24. The summed E-state index contributed by atoms with van der Waals surface area (Å²) in [5.41, 5.74) is 0.600. The summed E-state index contributed by atoms with van der Waals surface area (Å²) in [5.74, 6) is -2.32. The lowest BCUT2D eigenvalue weighted by Gasteiger charge is -2.28. The lowest BCUT2D eigenvalue weighted by atomic mass is 10.1. The van der Waals surface area contributed by atoms with Crippen molar-refractivity contribution < 1.29 is 17.9 Å². The van der Waals surface area contributed by atoms with Gasteiger partial charge in [0.2, 0.25) is 0 Å². The van der Waals surface area contributed by atoms with Gasteiger partial charge in [-0.1, -0.05) is 23.7 Å². The number of hydrogen-bond donors (Lipinski definition) is 1. The maximum Gasteiger partial charge on any atom is 0.165 e. The minimum absolute atomic E-state index is 0.0322. The van der Waals surface area contributed by atoms with Crippen molar-refractivity contribution in [2.45, 2.75) is 6.10 Å². The molecular weight excluding hydrogens is 291 g/mol. The summed E-state index contributed by atoms with van der Waals surface area (Å²) in [6.45, 7) is 0.231. The highest BCUT2D eigenvalue weighted by Gasteiger charge is 2.25. The highest BCUT2D eigenvalue weighted by Crippen LogP contribution is 2.37. The molecule has 1 N–H and O–H groups in total. The van der Waals surface area contributed by atoms with Crippen molar-refractivity contribution in [2.24, 2.45) is 0 Å². The smallest absolute Gasteiger partial charge is 0.165 e. The van der Waals surface area contributed by atoms with Gasteiger partial charge in [0, 0.05) is 11.6 Å². The van der Waals surface area contributed by atoms with Crippen molar-refractivity contribution in [1.29, 1.82) is 0 Å². The Morgan fingerprint density at radius 2 is 1.95 bits per heavy atom. The van der Waals surface area contributed by atoms with Crippen LogP contribution in [-0.2, 0) is 0 Å². The summed E-state index contributed by atoms with van der Waals surface area (Å²) < 4.78 is 45.9. The van der Waals surface area contributed by atoms with E-state index in [-0.39, 0.29) is 22.9 Å². The first-order chi connectivity index (χ1) is 9.56. The molecule has 1 unspecified atom stereocenters. The van der Waals surface area contributed by atoms with Crippen LogP contribution in [0.1, 0.15) is 11.7 Å². The predicted molar refractivity (Wildman–Crippen MR) is 69.6 cm³/mol. The van der Waals surface area contributed by atoms with Gasteiger partial charge in [-0.05, 0) is 12.1 Å². The van der Waals surface area contributed by atoms with Crippen LogP contribution in [0.3, 0.4) is 0 Å². The van der Waals surface area contributed by atoms with Gasteiger partial charge in [-0.3, -0.25) is 0 Å². The quantitative estimate of drug-likeness (QED) is 0.847. The molecular formula is C14H9ClF3NO. The molecule has 104 valence electrons. The molecule has 0 aromatic heterocycles. The number of hydrogen-bond acceptors (Lipinski definition) is 2. The zero-order chi connectivity index (χ0) is 14.3. The van der Waals surface area contributed by atoms with E-state index >= 15 is 0 Å². The first-order valence-corrected chi connectivity index (χ1v) is 6.27. The van der Waals surface area contributed by atoms with Crippen LogP contribution < -0.4 is 10.1 Å². The third-order valence-electron chi connectivity index (χ3n) is 3.10. The van der Waals surface area contributed by atoms with Crippen LogP contribution in [0.5, 0.6) is 5.75 Å². The molecule has 2 aromatic carbocycles. The van der Waals surface area contributed by atoms with Gasteiger partial charge in [-0.25, -0.2) is 13.2 Å². The summed E-state index contributed by atoms with van der Waals surface area (Å²) in [5, 5.41) is 2.93. The van der Waals surface area contributed by atoms with E-state index in [4.69, 9.17) is 16.3 Å². The molecule has 0 saturated carbocycles. The molecule has 0 radical (unpaired) electrons. The fourth-order valence-electron chi connectivity index (χ4n) is 2.10. The predicted octanol–water partition coefficient (Wildman–Crippen LogP) is 4.30. The fourth-order valence-corrected chi connectivity index (χ4v) is 2.27. The molecule has 1 atom stereocenters. The van der Waals surface area contributed by atoms with Gasteiger partial charge in [0.1, 0.15) is 17.7 Å². The maximum absolute atomic E-state index is 13.7. The zero-order valence-electron chi connectivity index (χ0n) is 10.1. The summed E-state index contributed by atoms with van der Waals surface area (Å²) in [4.78, 5) is 0. The largest absolute Gasteiger partial charge is 0.481 e. The minimum atomic E-state index is -0.961. The van der Waals surface area contributed by atoms with Crippen LogP contribution in [0.4, 0.5) is 18.9 Å². The van der Waals surface area contributed by atoms with Crippen LogP contribution in [0.25, 0.3) is 0 Å². The van der Waals surface area contributed by atoms with Gasteiger partial charge < -0.3 is 10.1 Å². The molecule has 0 amide bonds. The zero-order valence-corrected chi connectivity index (χ0v) is 10.8. The molecule has 0 spiro atoms. The first kappa shape index (κ1) is 13.1. The number of fused-ring (bicyclic) bond motifs is 1. The van der Waals surface area contributed by atoms with Gasteiger partial charge in [0.25, 0.3) is 0 Å². The van der Waals surface area contributed by atoms with Crippen LogP contribution in [0, 0.1) is 17.5 Å². The third-order valence-corrected chi connectivity index (χ3v) is 3.39. The molecule has 2 aromatic rings. The van der Waals surface area contributed by atoms with E-state index in [1.807, 2.05) is 0 Å². The van der Waals surface area contributed by atoms with Crippen LogP contribution >= 0.6 is 11.6 Å². The molecule has 2 nitrogen and oxygen atoms in total. The monoisotopic (exact) mass is 299 g/mol. The molecule has 6 heteroatoms. The van der Waals surface area contributed by atoms with E-state index in [1.165, 1.54) is 18.2 Å². The van der Waals surface area contributed by atoms with E-state index in [0.29, 0.717) is 5.69 Å². The minimum Gasteiger partial charge on any atom is -0.481 e. The average molecular weight is 300 g/mol. The summed E-state index contributed by atoms with van der Waals surface area (Å²) in [6.07, 6.45) is -0.737. The molecule has 1 heterocycles. The third kappa shape index (κ3) is 2.18. The first-order valence-electron chi connectivity index (χ1n) is 5.89. The standard InChI is InChI=1S/C14H9ClF3NO/c15-8-4-11-12(5-10(8)17)20-13(6-19-11)7-2-1-3-9(16)14(7)18/h1-5,13,19H,6H2. The molecule has 0 saturated heterocycles. The van der Waals surface area contributed by atoms with Gasteiger partial charge in [0.15, 0.2) is 11.6 Å². The molecule has 20 heavy (non-hydrogen) atoms. The summed E-state index contributed by atoms with van der Waals surface area (Å²) in [6, 6.07) is 6.37. The second kappa shape index (κ2) is 4.90. The van der Waals surface area contributed by atoms with Crippen LogP contribution in [0.15, 0.2) is 30.3 Å². The van der Waals surface area contributed by atoms with Crippen molar-refractivity contribution >= 4 is 17.3 Å². The van der Waals surface area contributed by atoms with Crippen molar-refractivity contribution in [3.8, 4) is 5.75 Å². The molecule has 0 aliphatic carbocycles. The second-order valence-electron chi connectivity index (χ2n) is 4.39. The van der Waals surface area contributed by atoms with Crippen molar-refractivity contribution in [3.05, 3.63) is 58.4 Å². The van der Waals surface area contributed by atoms with E-state index in [9.17, 15) is 13.2 Å². The highest BCUT2D eigenvalue weighted by atomic mass is 35.5. The Bertz CT molecular complexity index is 678. The van der Waals surface area contributed by atoms with E-state index < -0.39 is 23.6 Å². The van der Waals surface area contributed by atoms with E-state index in [0.717, 1.165) is 12.1 Å². The Morgan fingerprint density at radius 3 is 2.75 bits per heavy atom. The van der Waals surface area contributed by atoms with E-state index in [1.54, 1.807) is 0 Å². The lowest BCUT2D eigenvalue weighted by molar-refractivity contribution is 0.203. The summed E-state index contributed by atoms with van der Waals surface area (Å²) in [7, 11) is 0. The molecule has 0 fully saturated rings. The normalized spacial score (nSPS) is 17.1. The Kier molecular flexibility index (Phi) is 3.22. The Balaban J connectivity index is 1.96. The average Bonchev–Trinajstić information content (AvgIpc) is 2.43. The van der Waals surface area contributed by atoms with Crippen LogP contribution in [-0.4, -0.2) is 6.54 Å². The molecule has 3 rings (SSSR count). The van der Waals surface area contributed by atoms with Gasteiger partial charge in [-0.2, -0.15) is 0 Å². The van der Waals surface area contributed by atoms with Gasteiger partial charge in [0.05, 0.1) is 17.3 Å². The molecule has 1 aliphatic rings. The second-order valence-corrected chi connectivity index (χ2v) is 4.80. The Hall–Kier alpha value is -1.88. The number of nitrogens with one attached hydrogen (secondary N) is 1. The SMILES string of the molecule is Fc1cc2c(cc1Cl)NCC(c1cccc(F)c1F)O2. The molecule has 0 bridgehead atoms. The topological polar surface area (TPSA) is 21.3 Å². The van der Waals surface area contributed by atoms with Crippen molar-refractivity contribution in [1.82, 2.24) is 0 Å². The van der Waals surface area contributed by atoms with E-state index in [2.05, 4.69) is 5.32 Å². The Morgan fingerprint density at radius 1 is 1.15 bits per heavy atom. The number of halogens is 4. The number of rotatable bonds is 1. The van der Waals surface area contributed by atoms with Gasteiger partial charge in [-0.15, -0.1) is 0 Å². The summed E-state index contributed by atoms with van der Waals surface area (Å²) >= 11 is 5.66. The van der Waals surface area contributed by atoms with Crippen LogP contribution in [0.2, 0.25) is 5.02 Å². The number of anilines is 1. The number of ether oxygens (including phenoxy) is 1. The van der Waals surface area contributed by atoms with Crippen molar-refractivity contribution in [3.63, 3.8) is 0 Å². The number of benzene rings is 2. The fraction of sp³-hybridized carbons (Fsp3) is 0.143. The maximum atomic E-state index is 13.7. The van der Waals surface area contributed by atoms with Crippen molar-refractivity contribution in [2.75, 3.05) is 11.9 Å². The Labute approximate surface area is 118 Å². The highest BCUT2D eigenvalue weighted by molar-refractivity contribution is 6.31. The van der Waals surface area contributed by atoms with Gasteiger partial charge >= 0.3 is 0 Å².